The fraction of sp³-hybridized carbons (Fsp3) is 0.391. The molecule has 2 atom stereocenters. The molecule has 0 saturated heterocycles. The lowest BCUT2D eigenvalue weighted by molar-refractivity contribution is 0.0938. The van der Waals surface area contributed by atoms with Crippen molar-refractivity contribution in [2.75, 3.05) is 5.32 Å². The van der Waals surface area contributed by atoms with Gasteiger partial charge >= 0.3 is 0 Å². The van der Waals surface area contributed by atoms with Crippen LogP contribution in [-0.4, -0.2) is 33.8 Å². The monoisotopic (exact) mass is 492 g/mol. The molecule has 33 heavy (non-hydrogen) atoms. The molecule has 1 aromatic carbocycles. The van der Waals surface area contributed by atoms with Crippen molar-refractivity contribution in [2.24, 2.45) is 10.7 Å². The van der Waals surface area contributed by atoms with Crippen LogP contribution in [0.1, 0.15) is 54.5 Å². The minimum atomic E-state index is -0.349. The number of aryl methyl sites for hydroxylation is 1. The molecule has 3 aromatic rings. The largest absolute Gasteiger partial charge is 0.467 e. The van der Waals surface area contributed by atoms with E-state index in [0.29, 0.717) is 17.4 Å². The van der Waals surface area contributed by atoms with Crippen LogP contribution in [0.15, 0.2) is 46.0 Å². The number of aliphatic imine (C=N–C) groups is 1. The average Bonchev–Trinajstić information content (AvgIpc) is 3.27. The highest BCUT2D eigenvalue weighted by Gasteiger charge is 2.26. The molecule has 178 valence electrons. The van der Waals surface area contributed by atoms with Gasteiger partial charge < -0.3 is 20.8 Å². The number of hydrogen-bond donors (Lipinski definition) is 3. The van der Waals surface area contributed by atoms with Gasteiger partial charge in [0.2, 0.25) is 5.82 Å². The zero-order valence-electron chi connectivity index (χ0n) is 18.7. The predicted molar refractivity (Wildman–Crippen MR) is 136 cm³/mol. The van der Waals surface area contributed by atoms with Crippen LogP contribution in [0.4, 0.5) is 5.82 Å². The van der Waals surface area contributed by atoms with Crippen LogP contribution in [0.2, 0.25) is 0 Å². The Bertz CT molecular complexity index is 1100. The number of carbonyl (C=O) groups excluding carboxylic acids is 1. The van der Waals surface area contributed by atoms with Crippen LogP contribution < -0.4 is 16.4 Å². The molecule has 1 aliphatic rings. The van der Waals surface area contributed by atoms with E-state index in [4.69, 9.17) is 10.2 Å². The van der Waals surface area contributed by atoms with Gasteiger partial charge in [0.15, 0.2) is 0 Å². The van der Waals surface area contributed by atoms with E-state index in [2.05, 4.69) is 25.6 Å². The third-order valence-electron chi connectivity index (χ3n) is 5.48. The lowest BCUT2D eigenvalue weighted by atomic mass is 9.90. The number of anilines is 1. The van der Waals surface area contributed by atoms with Crippen LogP contribution in [-0.2, 0) is 6.54 Å². The van der Waals surface area contributed by atoms with Gasteiger partial charge in [-0.3, -0.25) is 9.79 Å². The number of amidine groups is 1. The zero-order valence-corrected chi connectivity index (χ0v) is 20.3. The Morgan fingerprint density at radius 3 is 2.73 bits per heavy atom. The zero-order chi connectivity index (χ0) is 21.8. The predicted octanol–water partition coefficient (Wildman–Crippen LogP) is 4.41. The van der Waals surface area contributed by atoms with Crippen molar-refractivity contribution >= 4 is 53.3 Å². The lowest BCUT2D eigenvalue weighted by Gasteiger charge is -2.30. The second-order valence-electron chi connectivity index (χ2n) is 8.05. The second-order valence-corrected chi connectivity index (χ2v) is 8.05. The summed E-state index contributed by atoms with van der Waals surface area (Å²) in [4.78, 5) is 26.5. The Morgan fingerprint density at radius 1 is 1.21 bits per heavy atom. The van der Waals surface area contributed by atoms with E-state index < -0.39 is 0 Å². The lowest BCUT2D eigenvalue weighted by Crippen LogP contribution is -2.37. The van der Waals surface area contributed by atoms with Gasteiger partial charge in [-0.2, -0.15) is 0 Å². The first-order chi connectivity index (χ1) is 15.0. The van der Waals surface area contributed by atoms with E-state index in [1.807, 2.05) is 32.0 Å². The second kappa shape index (κ2) is 11.9. The average molecular weight is 493 g/mol. The molecule has 0 spiro atoms. The molecule has 0 unspecified atom stereocenters. The van der Waals surface area contributed by atoms with Gasteiger partial charge in [-0.05, 0) is 51.0 Å². The topological polar surface area (TPSA) is 118 Å². The van der Waals surface area contributed by atoms with Gasteiger partial charge in [-0.1, -0.05) is 24.5 Å². The Labute approximate surface area is 205 Å². The van der Waals surface area contributed by atoms with Crippen molar-refractivity contribution in [3.8, 4) is 0 Å². The van der Waals surface area contributed by atoms with Crippen molar-refractivity contribution in [3.63, 3.8) is 0 Å². The molecule has 1 amide bonds. The molecule has 0 aliphatic heterocycles. The van der Waals surface area contributed by atoms with E-state index in [0.717, 1.165) is 42.1 Å². The first-order valence-corrected chi connectivity index (χ1v) is 10.6. The van der Waals surface area contributed by atoms with Crippen molar-refractivity contribution in [1.29, 1.82) is 0 Å². The number of halogens is 2. The summed E-state index contributed by atoms with van der Waals surface area (Å²) in [5.74, 6) is 1.68. The summed E-state index contributed by atoms with van der Waals surface area (Å²) in [5, 5.41) is 7.27. The van der Waals surface area contributed by atoms with Crippen molar-refractivity contribution < 1.29 is 9.21 Å². The molecular weight excluding hydrogens is 463 g/mol. The first kappa shape index (κ1) is 26.4. The third-order valence-corrected chi connectivity index (χ3v) is 5.48. The number of nitrogens with one attached hydrogen (secondary N) is 2. The van der Waals surface area contributed by atoms with Gasteiger partial charge in [0, 0.05) is 11.4 Å². The maximum Gasteiger partial charge on any atom is 0.289 e. The number of hydrogen-bond acceptors (Lipinski definition) is 6. The number of benzene rings is 1. The summed E-state index contributed by atoms with van der Waals surface area (Å²) in [6.07, 6.45) is 5.77. The van der Waals surface area contributed by atoms with Gasteiger partial charge in [-0.25, -0.2) is 9.97 Å². The first-order valence-electron chi connectivity index (χ1n) is 10.6. The number of furan rings is 1. The Balaban J connectivity index is 0.00000193. The quantitative estimate of drug-likeness (QED) is 0.346. The standard InChI is InChI=1S/C23H28N6O2.2ClH/c1-14-9-10-18-17(12-14)21(28-20-8-4-3-7-19(20)26-15(2)24)29-22(27-18)23(30)25-13-16-6-5-11-31-16;;/h5-6,9-12,19-20H,3-4,7-8,13H2,1-2H3,(H2,24,26)(H,25,30)(H,27,28,29);2*1H/t19-,20+;;/m1../s1. The molecule has 4 N–H and O–H groups in total. The fourth-order valence-corrected chi connectivity index (χ4v) is 3.98. The highest BCUT2D eigenvalue weighted by atomic mass is 35.5. The van der Waals surface area contributed by atoms with Crippen molar-refractivity contribution in [3.05, 3.63) is 53.7 Å². The van der Waals surface area contributed by atoms with E-state index >= 15 is 0 Å². The molecule has 4 rings (SSSR count). The molecular formula is C23H30Cl2N6O2. The molecule has 10 heteroatoms. The number of amides is 1. The summed E-state index contributed by atoms with van der Waals surface area (Å²) in [6, 6.07) is 9.72. The minimum Gasteiger partial charge on any atom is -0.467 e. The molecule has 0 bridgehead atoms. The smallest absolute Gasteiger partial charge is 0.289 e. The minimum absolute atomic E-state index is 0. The van der Waals surface area contributed by atoms with Crippen LogP contribution in [0.5, 0.6) is 0 Å². The summed E-state index contributed by atoms with van der Waals surface area (Å²) < 4.78 is 5.28. The number of fused-ring (bicyclic) bond motifs is 1. The van der Waals surface area contributed by atoms with E-state index in [1.54, 1.807) is 18.4 Å². The number of rotatable bonds is 6. The fourth-order valence-electron chi connectivity index (χ4n) is 3.98. The van der Waals surface area contributed by atoms with Crippen LogP contribution in [0, 0.1) is 6.92 Å². The molecule has 0 radical (unpaired) electrons. The van der Waals surface area contributed by atoms with Gasteiger partial charge in [0.1, 0.15) is 11.6 Å². The van der Waals surface area contributed by atoms with Crippen LogP contribution in [0.3, 0.4) is 0 Å². The Kier molecular flexibility index (Phi) is 9.49. The Morgan fingerprint density at radius 2 is 2.00 bits per heavy atom. The third kappa shape index (κ3) is 6.58. The van der Waals surface area contributed by atoms with Crippen LogP contribution >= 0.6 is 24.8 Å². The van der Waals surface area contributed by atoms with E-state index in [9.17, 15) is 4.79 Å². The normalized spacial score (nSPS) is 18.2. The number of aromatic nitrogens is 2. The van der Waals surface area contributed by atoms with Gasteiger partial charge in [-0.15, -0.1) is 24.8 Å². The number of nitrogens with two attached hydrogens (primary N) is 1. The number of nitrogens with zero attached hydrogens (tertiary/aromatic N) is 3. The van der Waals surface area contributed by atoms with Crippen molar-refractivity contribution in [2.45, 2.75) is 58.2 Å². The molecule has 2 aromatic heterocycles. The molecule has 1 fully saturated rings. The van der Waals surface area contributed by atoms with E-state index in [-0.39, 0.29) is 55.2 Å². The molecule has 1 saturated carbocycles. The SMILES string of the molecule is CC(N)=N[C@@H]1CCCC[C@@H]1Nc1nc(C(=O)NCc2ccco2)nc2ccc(C)cc12.Cl.Cl. The van der Waals surface area contributed by atoms with Crippen molar-refractivity contribution in [1.82, 2.24) is 15.3 Å². The maximum atomic E-state index is 12.8. The summed E-state index contributed by atoms with van der Waals surface area (Å²) in [6.45, 7) is 4.12. The van der Waals surface area contributed by atoms with Gasteiger partial charge in [0.25, 0.3) is 5.91 Å². The maximum absolute atomic E-state index is 12.8. The van der Waals surface area contributed by atoms with Crippen LogP contribution in [0.25, 0.3) is 10.9 Å². The Hall–Kier alpha value is -2.84. The number of carbonyl (C=O) groups is 1. The van der Waals surface area contributed by atoms with E-state index in [1.165, 1.54) is 0 Å². The summed E-state index contributed by atoms with van der Waals surface area (Å²) in [7, 11) is 0. The highest BCUT2D eigenvalue weighted by molar-refractivity contribution is 5.96. The van der Waals surface area contributed by atoms with Gasteiger partial charge in [0.05, 0.1) is 30.2 Å². The summed E-state index contributed by atoms with van der Waals surface area (Å²) >= 11 is 0. The molecule has 8 nitrogen and oxygen atoms in total. The summed E-state index contributed by atoms with van der Waals surface area (Å²) in [5.41, 5.74) is 7.68. The molecule has 1 aliphatic carbocycles. The molecule has 2 heterocycles. The highest BCUT2D eigenvalue weighted by Crippen LogP contribution is 2.28.